The van der Waals surface area contributed by atoms with Gasteiger partial charge in [-0.05, 0) is 31.3 Å². The van der Waals surface area contributed by atoms with Gasteiger partial charge in [0.2, 0.25) is 10.0 Å². The van der Waals surface area contributed by atoms with E-state index in [1.54, 1.807) is 17.5 Å². The van der Waals surface area contributed by atoms with Gasteiger partial charge in [0.15, 0.2) is 0 Å². The van der Waals surface area contributed by atoms with Gasteiger partial charge in [0.25, 0.3) is 0 Å². The van der Waals surface area contributed by atoms with Crippen LogP contribution in [0.25, 0.3) is 0 Å². The van der Waals surface area contributed by atoms with Crippen LogP contribution >= 0.6 is 11.3 Å². The fourth-order valence-electron chi connectivity index (χ4n) is 2.35. The van der Waals surface area contributed by atoms with Crippen LogP contribution in [0, 0.1) is 0 Å². The summed E-state index contributed by atoms with van der Waals surface area (Å²) in [5.41, 5.74) is 0. The molecule has 0 amide bonds. The van der Waals surface area contributed by atoms with E-state index in [0.717, 1.165) is 17.7 Å². The minimum absolute atomic E-state index is 0.00693. The molecule has 21 heavy (non-hydrogen) atoms. The van der Waals surface area contributed by atoms with Crippen molar-refractivity contribution in [3.05, 3.63) is 16.3 Å². The summed E-state index contributed by atoms with van der Waals surface area (Å²) in [5, 5.41) is 4.86. The molecule has 0 atom stereocenters. The van der Waals surface area contributed by atoms with Crippen molar-refractivity contribution in [2.24, 2.45) is 0 Å². The third-order valence-corrected chi connectivity index (χ3v) is 6.58. The lowest BCUT2D eigenvalue weighted by Crippen LogP contribution is -2.42. The first kappa shape index (κ1) is 18.6. The lowest BCUT2D eigenvalue weighted by atomic mass is 10.2. The highest BCUT2D eigenvalue weighted by Gasteiger charge is 2.31. The number of sulfonamides is 1. The fourth-order valence-corrected chi connectivity index (χ4v) is 5.54. The topological polar surface area (TPSA) is 58.6 Å². The van der Waals surface area contributed by atoms with Crippen molar-refractivity contribution in [1.29, 1.82) is 0 Å². The number of rotatable bonds is 10. The Morgan fingerprint density at radius 3 is 2.57 bits per heavy atom. The molecule has 1 N–H and O–H groups in total. The number of hydrogen-bond donors (Lipinski definition) is 1. The number of ether oxygens (including phenoxy) is 1. The highest BCUT2D eigenvalue weighted by molar-refractivity contribution is 7.89. The Morgan fingerprint density at radius 1 is 1.38 bits per heavy atom. The van der Waals surface area contributed by atoms with Gasteiger partial charge < -0.3 is 10.1 Å². The van der Waals surface area contributed by atoms with Crippen molar-refractivity contribution < 1.29 is 13.2 Å². The van der Waals surface area contributed by atoms with Gasteiger partial charge in [0.1, 0.15) is 0 Å². The van der Waals surface area contributed by atoms with Crippen LogP contribution in [-0.4, -0.2) is 46.1 Å². The van der Waals surface area contributed by atoms with E-state index in [9.17, 15) is 8.42 Å². The molecule has 0 saturated heterocycles. The first-order chi connectivity index (χ1) is 10.0. The Morgan fingerprint density at radius 2 is 2.05 bits per heavy atom. The van der Waals surface area contributed by atoms with Crippen molar-refractivity contribution in [1.82, 2.24) is 9.62 Å². The molecular formula is C14H26N2O3S2. The average molecular weight is 335 g/mol. The van der Waals surface area contributed by atoms with Crippen LogP contribution in [0.15, 0.2) is 16.3 Å². The second-order valence-corrected chi connectivity index (χ2v) is 7.68. The van der Waals surface area contributed by atoms with E-state index in [2.05, 4.69) is 5.32 Å². The maximum Gasteiger partial charge on any atom is 0.244 e. The fraction of sp³-hybridized carbons (Fsp3) is 0.714. The molecule has 0 aliphatic rings. The van der Waals surface area contributed by atoms with Crippen LogP contribution in [0.2, 0.25) is 0 Å². The van der Waals surface area contributed by atoms with E-state index in [-0.39, 0.29) is 6.04 Å². The van der Waals surface area contributed by atoms with Gasteiger partial charge in [-0.3, -0.25) is 0 Å². The normalized spacial score (nSPS) is 12.5. The Bertz CT molecular complexity index is 510. The third kappa shape index (κ3) is 4.50. The zero-order valence-electron chi connectivity index (χ0n) is 13.3. The number of nitrogens with one attached hydrogen (secondary N) is 1. The summed E-state index contributed by atoms with van der Waals surface area (Å²) < 4.78 is 32.7. The maximum absolute atomic E-state index is 13.0. The van der Waals surface area contributed by atoms with Gasteiger partial charge in [-0.1, -0.05) is 13.8 Å². The van der Waals surface area contributed by atoms with Crippen molar-refractivity contribution in [3.8, 4) is 0 Å². The Balaban J connectivity index is 3.16. The Kier molecular flexibility index (Phi) is 7.83. The second kappa shape index (κ2) is 8.85. The predicted molar refractivity (Wildman–Crippen MR) is 87.2 cm³/mol. The lowest BCUT2D eigenvalue weighted by molar-refractivity contribution is 0.163. The quantitative estimate of drug-likeness (QED) is 0.713. The molecule has 0 unspecified atom stereocenters. The zero-order valence-corrected chi connectivity index (χ0v) is 14.9. The van der Waals surface area contributed by atoms with E-state index in [1.807, 2.05) is 26.3 Å². The Labute approximate surface area is 132 Å². The monoisotopic (exact) mass is 334 g/mol. The molecule has 0 fully saturated rings. The summed E-state index contributed by atoms with van der Waals surface area (Å²) in [7, 11) is -0.0714. The molecule has 0 bridgehead atoms. The highest BCUT2D eigenvalue weighted by atomic mass is 32.2. The summed E-state index contributed by atoms with van der Waals surface area (Å²) in [4.78, 5) is 1.27. The molecule has 122 valence electrons. The maximum atomic E-state index is 13.0. The smallest absolute Gasteiger partial charge is 0.244 e. The minimum Gasteiger partial charge on any atom is -0.383 e. The first-order valence-electron chi connectivity index (χ1n) is 7.24. The molecule has 1 rings (SSSR count). The largest absolute Gasteiger partial charge is 0.383 e. The summed E-state index contributed by atoms with van der Waals surface area (Å²) in [6.07, 6.45) is 1.59. The minimum atomic E-state index is -3.48. The molecule has 7 heteroatoms. The first-order valence-corrected chi connectivity index (χ1v) is 9.56. The molecule has 5 nitrogen and oxygen atoms in total. The molecule has 0 spiro atoms. The molecule has 1 aromatic heterocycles. The van der Waals surface area contributed by atoms with E-state index >= 15 is 0 Å². The number of thiophene rings is 1. The molecular weight excluding hydrogens is 308 g/mol. The molecule has 1 heterocycles. The number of methoxy groups -OCH3 is 1. The van der Waals surface area contributed by atoms with E-state index < -0.39 is 10.0 Å². The van der Waals surface area contributed by atoms with Crippen LogP contribution in [-0.2, 0) is 21.3 Å². The third-order valence-electron chi connectivity index (χ3n) is 3.49. The van der Waals surface area contributed by atoms with Gasteiger partial charge in [-0.2, -0.15) is 4.31 Å². The van der Waals surface area contributed by atoms with Gasteiger partial charge in [-0.15, -0.1) is 11.3 Å². The van der Waals surface area contributed by atoms with E-state index in [0.29, 0.717) is 24.6 Å². The average Bonchev–Trinajstić information content (AvgIpc) is 2.92. The van der Waals surface area contributed by atoms with Gasteiger partial charge in [-0.25, -0.2) is 8.42 Å². The molecule has 0 aromatic carbocycles. The molecule has 1 aromatic rings. The summed E-state index contributed by atoms with van der Waals surface area (Å²) in [5.74, 6) is 0. The lowest BCUT2D eigenvalue weighted by Gasteiger charge is -2.29. The van der Waals surface area contributed by atoms with Crippen LogP contribution < -0.4 is 5.32 Å². The van der Waals surface area contributed by atoms with Crippen molar-refractivity contribution in [2.75, 3.05) is 27.3 Å². The summed E-state index contributed by atoms with van der Waals surface area (Å²) in [6.45, 7) is 5.39. The van der Waals surface area contributed by atoms with E-state index in [4.69, 9.17) is 4.74 Å². The van der Waals surface area contributed by atoms with Gasteiger partial charge in [0, 0.05) is 31.1 Å². The summed E-state index contributed by atoms with van der Waals surface area (Å²) in [6, 6.07) is 1.71. The Hall–Kier alpha value is -0.470. The predicted octanol–water partition coefficient (Wildman–Crippen LogP) is 2.29. The number of nitrogens with zero attached hydrogens (tertiary/aromatic N) is 1. The number of hydrogen-bond acceptors (Lipinski definition) is 5. The van der Waals surface area contributed by atoms with Gasteiger partial charge >= 0.3 is 0 Å². The SMILES string of the molecule is CCC(CC)N(CCOC)S(=O)(=O)c1ccsc1CNC. The summed E-state index contributed by atoms with van der Waals surface area (Å²) >= 11 is 1.47. The van der Waals surface area contributed by atoms with Crippen LogP contribution in [0.4, 0.5) is 0 Å². The molecule has 0 radical (unpaired) electrons. The van der Waals surface area contributed by atoms with Crippen LogP contribution in [0.5, 0.6) is 0 Å². The second-order valence-electron chi connectivity index (χ2n) is 4.82. The molecule has 0 aliphatic heterocycles. The van der Waals surface area contributed by atoms with Crippen molar-refractivity contribution >= 4 is 21.4 Å². The van der Waals surface area contributed by atoms with Gasteiger partial charge in [0.05, 0.1) is 11.5 Å². The molecule has 0 aliphatic carbocycles. The molecule has 0 saturated carbocycles. The van der Waals surface area contributed by atoms with Crippen molar-refractivity contribution in [3.63, 3.8) is 0 Å². The van der Waals surface area contributed by atoms with Crippen molar-refractivity contribution in [2.45, 2.75) is 44.2 Å². The van der Waals surface area contributed by atoms with Crippen LogP contribution in [0.1, 0.15) is 31.6 Å². The van der Waals surface area contributed by atoms with Crippen LogP contribution in [0.3, 0.4) is 0 Å². The highest BCUT2D eigenvalue weighted by Crippen LogP contribution is 2.27. The zero-order chi connectivity index (χ0) is 15.9. The standard InChI is InChI=1S/C14H26N2O3S2/c1-5-12(6-2)16(8-9-19-4)21(17,18)14-7-10-20-13(14)11-15-3/h7,10,12,15H,5-6,8-9,11H2,1-4H3. The van der Waals surface area contributed by atoms with E-state index in [1.165, 1.54) is 11.3 Å².